The minimum Gasteiger partial charge on any atom is -0.450 e. The van der Waals surface area contributed by atoms with E-state index in [2.05, 4.69) is 26.1 Å². The molecule has 0 saturated carbocycles. The summed E-state index contributed by atoms with van der Waals surface area (Å²) < 4.78 is 4.94. The Hall–Kier alpha value is -1.46. The van der Waals surface area contributed by atoms with E-state index in [0.29, 0.717) is 39.3 Å². The molecule has 0 radical (unpaired) electrons. The van der Waals surface area contributed by atoms with Crippen molar-refractivity contribution in [1.82, 2.24) is 15.1 Å². The zero-order chi connectivity index (χ0) is 14.5. The van der Waals surface area contributed by atoms with Gasteiger partial charge in [0.05, 0.1) is 6.61 Å². The Morgan fingerprint density at radius 2 is 1.63 bits per heavy atom. The molecule has 1 heterocycles. The molecule has 19 heavy (non-hydrogen) atoms. The first-order valence-corrected chi connectivity index (χ1v) is 6.78. The normalized spacial score (nSPS) is 16.2. The van der Waals surface area contributed by atoms with Crippen molar-refractivity contribution < 1.29 is 14.3 Å². The van der Waals surface area contributed by atoms with E-state index in [1.54, 1.807) is 16.7 Å². The summed E-state index contributed by atoms with van der Waals surface area (Å²) in [5.41, 5.74) is 0.0718. The van der Waals surface area contributed by atoms with Gasteiger partial charge in [0, 0.05) is 32.7 Å². The van der Waals surface area contributed by atoms with Crippen LogP contribution in [0.15, 0.2) is 0 Å². The van der Waals surface area contributed by atoms with Crippen molar-refractivity contribution in [2.75, 3.05) is 39.3 Å². The molecule has 1 aliphatic rings. The van der Waals surface area contributed by atoms with E-state index in [0.717, 1.165) is 0 Å². The number of rotatable bonds is 2. The Labute approximate surface area is 115 Å². The van der Waals surface area contributed by atoms with Crippen LogP contribution in [0.3, 0.4) is 0 Å². The van der Waals surface area contributed by atoms with Gasteiger partial charge < -0.3 is 19.9 Å². The van der Waals surface area contributed by atoms with Crippen molar-refractivity contribution >= 4 is 12.1 Å². The molecule has 1 saturated heterocycles. The van der Waals surface area contributed by atoms with Gasteiger partial charge in [0.2, 0.25) is 0 Å². The van der Waals surface area contributed by atoms with E-state index in [1.165, 1.54) is 0 Å². The number of hydrogen-bond donors (Lipinski definition) is 1. The summed E-state index contributed by atoms with van der Waals surface area (Å²) in [6.45, 7) is 11.2. The lowest BCUT2D eigenvalue weighted by Crippen LogP contribution is -2.54. The highest BCUT2D eigenvalue weighted by molar-refractivity contribution is 5.75. The molecule has 0 unspecified atom stereocenters. The highest BCUT2D eigenvalue weighted by atomic mass is 16.6. The van der Waals surface area contributed by atoms with Gasteiger partial charge in [0.15, 0.2) is 0 Å². The number of ether oxygens (including phenoxy) is 1. The van der Waals surface area contributed by atoms with Crippen molar-refractivity contribution in [3.05, 3.63) is 0 Å². The van der Waals surface area contributed by atoms with Crippen molar-refractivity contribution in [3.8, 4) is 0 Å². The van der Waals surface area contributed by atoms with Gasteiger partial charge in [-0.2, -0.15) is 0 Å². The van der Waals surface area contributed by atoms with Crippen LogP contribution in [0.5, 0.6) is 0 Å². The standard InChI is InChI=1S/C13H25N3O3/c1-5-19-12(18)16-8-6-15(7-9-16)11(17)14-10-13(2,3)4/h5-10H2,1-4H3,(H,14,17). The fourth-order valence-corrected chi connectivity index (χ4v) is 1.76. The number of urea groups is 1. The van der Waals surface area contributed by atoms with Crippen molar-refractivity contribution in [3.63, 3.8) is 0 Å². The fraction of sp³-hybridized carbons (Fsp3) is 0.846. The Bertz CT molecular complexity index is 318. The largest absolute Gasteiger partial charge is 0.450 e. The predicted octanol–water partition coefficient (Wildman–Crippen LogP) is 1.52. The van der Waals surface area contributed by atoms with Crippen molar-refractivity contribution in [2.45, 2.75) is 27.7 Å². The summed E-state index contributed by atoms with van der Waals surface area (Å²) in [7, 11) is 0. The monoisotopic (exact) mass is 271 g/mol. The third kappa shape index (κ3) is 5.36. The lowest BCUT2D eigenvalue weighted by Gasteiger charge is -2.34. The molecule has 0 spiro atoms. The van der Waals surface area contributed by atoms with Crippen LogP contribution in [0.2, 0.25) is 0 Å². The first-order valence-electron chi connectivity index (χ1n) is 6.78. The number of carbonyl (C=O) groups excluding carboxylic acids is 2. The molecule has 0 aliphatic carbocycles. The molecule has 0 aromatic rings. The Balaban J connectivity index is 2.33. The summed E-state index contributed by atoms with van der Waals surface area (Å²) in [6, 6.07) is -0.0570. The maximum absolute atomic E-state index is 11.9. The first-order chi connectivity index (χ1) is 8.83. The number of nitrogens with zero attached hydrogens (tertiary/aromatic N) is 2. The van der Waals surface area contributed by atoms with Gasteiger partial charge in [-0.05, 0) is 12.3 Å². The van der Waals surface area contributed by atoms with Gasteiger partial charge in [-0.3, -0.25) is 0 Å². The first kappa shape index (κ1) is 15.6. The van der Waals surface area contributed by atoms with E-state index < -0.39 is 0 Å². The average Bonchev–Trinajstić information content (AvgIpc) is 2.35. The molecule has 6 nitrogen and oxygen atoms in total. The SMILES string of the molecule is CCOC(=O)N1CCN(C(=O)NCC(C)(C)C)CC1. The summed E-state index contributed by atoms with van der Waals surface area (Å²) in [6.07, 6.45) is -0.294. The fourth-order valence-electron chi connectivity index (χ4n) is 1.76. The van der Waals surface area contributed by atoms with Gasteiger partial charge in [-0.15, -0.1) is 0 Å². The molecule has 0 bridgehead atoms. The summed E-state index contributed by atoms with van der Waals surface area (Å²) in [5.74, 6) is 0. The maximum atomic E-state index is 11.9. The summed E-state index contributed by atoms with van der Waals surface area (Å²) in [5, 5.41) is 2.91. The van der Waals surface area contributed by atoms with Gasteiger partial charge in [0.1, 0.15) is 0 Å². The molecular weight excluding hydrogens is 246 g/mol. The topological polar surface area (TPSA) is 61.9 Å². The van der Waals surface area contributed by atoms with Crippen LogP contribution in [0.4, 0.5) is 9.59 Å². The summed E-state index contributed by atoms with van der Waals surface area (Å²) in [4.78, 5) is 26.8. The van der Waals surface area contributed by atoms with E-state index >= 15 is 0 Å². The second kappa shape index (κ2) is 6.63. The van der Waals surface area contributed by atoms with Gasteiger partial charge in [-0.1, -0.05) is 20.8 Å². The van der Waals surface area contributed by atoms with E-state index in [-0.39, 0.29) is 17.5 Å². The third-order valence-electron chi connectivity index (χ3n) is 2.86. The van der Waals surface area contributed by atoms with Gasteiger partial charge in [-0.25, -0.2) is 9.59 Å². The van der Waals surface area contributed by atoms with Crippen LogP contribution in [0.1, 0.15) is 27.7 Å². The smallest absolute Gasteiger partial charge is 0.409 e. The number of hydrogen-bond acceptors (Lipinski definition) is 3. The maximum Gasteiger partial charge on any atom is 0.409 e. The van der Waals surface area contributed by atoms with Gasteiger partial charge in [0.25, 0.3) is 0 Å². The van der Waals surface area contributed by atoms with Crippen molar-refractivity contribution in [1.29, 1.82) is 0 Å². The Kier molecular flexibility index (Phi) is 5.44. The minimum absolute atomic E-state index is 0.0570. The molecule has 0 atom stereocenters. The summed E-state index contributed by atoms with van der Waals surface area (Å²) >= 11 is 0. The number of nitrogens with one attached hydrogen (secondary N) is 1. The van der Waals surface area contributed by atoms with Crippen molar-refractivity contribution in [2.24, 2.45) is 5.41 Å². The van der Waals surface area contributed by atoms with E-state index in [1.807, 2.05) is 0 Å². The van der Waals surface area contributed by atoms with E-state index in [9.17, 15) is 9.59 Å². The molecule has 1 N–H and O–H groups in total. The Morgan fingerprint density at radius 3 is 2.11 bits per heavy atom. The number of carbonyl (C=O) groups is 2. The lowest BCUT2D eigenvalue weighted by molar-refractivity contribution is 0.0849. The zero-order valence-corrected chi connectivity index (χ0v) is 12.4. The number of amides is 3. The molecule has 0 aromatic carbocycles. The van der Waals surface area contributed by atoms with Crippen LogP contribution in [-0.2, 0) is 4.74 Å². The minimum atomic E-state index is -0.294. The quantitative estimate of drug-likeness (QED) is 0.828. The zero-order valence-electron chi connectivity index (χ0n) is 12.4. The highest BCUT2D eigenvalue weighted by Crippen LogP contribution is 2.11. The van der Waals surface area contributed by atoms with Crippen LogP contribution >= 0.6 is 0 Å². The highest BCUT2D eigenvalue weighted by Gasteiger charge is 2.25. The molecule has 1 aliphatic heterocycles. The molecular formula is C13H25N3O3. The van der Waals surface area contributed by atoms with Crippen LogP contribution in [0.25, 0.3) is 0 Å². The third-order valence-corrected chi connectivity index (χ3v) is 2.86. The average molecular weight is 271 g/mol. The molecule has 6 heteroatoms. The Morgan fingerprint density at radius 1 is 1.11 bits per heavy atom. The van der Waals surface area contributed by atoms with Crippen LogP contribution in [-0.4, -0.2) is 61.3 Å². The van der Waals surface area contributed by atoms with E-state index in [4.69, 9.17) is 4.74 Å². The molecule has 0 aromatic heterocycles. The second-order valence-corrected chi connectivity index (χ2v) is 5.89. The molecule has 3 amide bonds. The van der Waals surface area contributed by atoms with Gasteiger partial charge >= 0.3 is 12.1 Å². The van der Waals surface area contributed by atoms with Crippen LogP contribution < -0.4 is 5.32 Å². The molecule has 110 valence electrons. The van der Waals surface area contributed by atoms with Crippen LogP contribution in [0, 0.1) is 5.41 Å². The predicted molar refractivity (Wildman–Crippen MR) is 73.0 cm³/mol. The number of piperazine rings is 1. The second-order valence-electron chi connectivity index (χ2n) is 5.89. The lowest BCUT2D eigenvalue weighted by atomic mass is 9.97. The molecule has 1 rings (SSSR count). The molecule has 1 fully saturated rings.